The Morgan fingerprint density at radius 1 is 1.59 bits per heavy atom. The molecule has 4 nitrogen and oxygen atoms in total. The normalized spacial score (nSPS) is 25.0. The van der Waals surface area contributed by atoms with Gasteiger partial charge in [-0.05, 0) is 32.0 Å². The highest BCUT2D eigenvalue weighted by Crippen LogP contribution is 2.24. The molecule has 5 heteroatoms. The van der Waals surface area contributed by atoms with Gasteiger partial charge in [-0.2, -0.15) is 0 Å². The summed E-state index contributed by atoms with van der Waals surface area (Å²) in [7, 11) is 1.83. The van der Waals surface area contributed by atoms with Gasteiger partial charge in [0, 0.05) is 19.6 Å². The molecule has 94 valence electrons. The Balaban J connectivity index is 2.09. The van der Waals surface area contributed by atoms with Crippen LogP contribution in [0.1, 0.15) is 12.8 Å². The van der Waals surface area contributed by atoms with Gasteiger partial charge in [0.15, 0.2) is 0 Å². The van der Waals surface area contributed by atoms with Crippen molar-refractivity contribution >= 4 is 5.82 Å². The zero-order valence-electron chi connectivity index (χ0n) is 9.99. The predicted octanol–water partition coefficient (Wildman–Crippen LogP) is 0.771. The fraction of sp³-hybridized carbons (Fsp3) is 0.583. The van der Waals surface area contributed by atoms with Crippen LogP contribution in [0, 0.1) is 5.82 Å². The molecule has 1 aromatic heterocycles. The number of β-amino-alcohol motifs (C(OH)–C–C–N with tert-alkyl or cyclic N) is 1. The van der Waals surface area contributed by atoms with E-state index in [9.17, 15) is 9.50 Å². The van der Waals surface area contributed by atoms with E-state index < -0.39 is 5.60 Å². The smallest absolute Gasteiger partial charge is 0.141 e. The van der Waals surface area contributed by atoms with E-state index in [-0.39, 0.29) is 5.82 Å². The van der Waals surface area contributed by atoms with E-state index in [4.69, 9.17) is 0 Å². The molecular formula is C12H18FN3O. The van der Waals surface area contributed by atoms with Gasteiger partial charge in [0.1, 0.15) is 11.6 Å². The van der Waals surface area contributed by atoms with Crippen LogP contribution in [0.25, 0.3) is 0 Å². The van der Waals surface area contributed by atoms with E-state index in [1.807, 2.05) is 11.9 Å². The Hall–Kier alpha value is -1.20. The van der Waals surface area contributed by atoms with Crippen molar-refractivity contribution in [3.8, 4) is 0 Å². The number of hydrogen-bond acceptors (Lipinski definition) is 4. The van der Waals surface area contributed by atoms with E-state index in [2.05, 4.69) is 10.3 Å². The summed E-state index contributed by atoms with van der Waals surface area (Å²) in [5.41, 5.74) is -0.719. The number of likely N-dealkylation sites (N-methyl/N-ethyl adjacent to an activating group) is 1. The van der Waals surface area contributed by atoms with Crippen molar-refractivity contribution in [3.63, 3.8) is 0 Å². The van der Waals surface area contributed by atoms with Gasteiger partial charge in [0.05, 0.1) is 11.8 Å². The first-order valence-corrected chi connectivity index (χ1v) is 5.86. The highest BCUT2D eigenvalue weighted by atomic mass is 19.1. The van der Waals surface area contributed by atoms with Crippen LogP contribution in [-0.2, 0) is 0 Å². The zero-order valence-corrected chi connectivity index (χ0v) is 9.99. The van der Waals surface area contributed by atoms with Crippen molar-refractivity contribution in [1.82, 2.24) is 10.3 Å². The minimum absolute atomic E-state index is 0.337. The monoisotopic (exact) mass is 239 g/mol. The van der Waals surface area contributed by atoms with Crippen molar-refractivity contribution in [2.45, 2.75) is 18.4 Å². The standard InChI is InChI=1S/C12H18FN3O/c1-14-8-12(17)5-2-6-16(9-12)11-4-3-10(13)7-15-11/h3-4,7,14,17H,2,5-6,8-9H2,1H3. The number of pyridine rings is 1. The highest BCUT2D eigenvalue weighted by molar-refractivity contribution is 5.39. The fourth-order valence-electron chi connectivity index (χ4n) is 2.34. The summed E-state index contributed by atoms with van der Waals surface area (Å²) in [5, 5.41) is 13.4. The summed E-state index contributed by atoms with van der Waals surface area (Å²) >= 11 is 0. The SMILES string of the molecule is CNCC1(O)CCCN(c2ccc(F)cn2)C1. The summed E-state index contributed by atoms with van der Waals surface area (Å²) < 4.78 is 12.8. The molecule has 1 fully saturated rings. The van der Waals surface area contributed by atoms with Gasteiger partial charge in [-0.3, -0.25) is 0 Å². The molecule has 1 aromatic rings. The quantitative estimate of drug-likeness (QED) is 0.818. The van der Waals surface area contributed by atoms with Crippen LogP contribution in [-0.4, -0.2) is 42.4 Å². The first-order chi connectivity index (χ1) is 8.13. The largest absolute Gasteiger partial charge is 0.387 e. The third kappa shape index (κ3) is 2.92. The van der Waals surface area contributed by atoms with E-state index in [0.717, 1.165) is 25.2 Å². The maximum absolute atomic E-state index is 12.8. The first kappa shape index (κ1) is 12.3. The third-order valence-corrected chi connectivity index (χ3v) is 3.10. The molecule has 0 radical (unpaired) electrons. The maximum Gasteiger partial charge on any atom is 0.141 e. The summed E-state index contributed by atoms with van der Waals surface area (Å²) in [6.07, 6.45) is 2.91. The molecule has 0 aromatic carbocycles. The van der Waals surface area contributed by atoms with Crippen LogP contribution in [0.5, 0.6) is 0 Å². The second-order valence-corrected chi connectivity index (χ2v) is 4.61. The van der Waals surface area contributed by atoms with Gasteiger partial charge in [-0.15, -0.1) is 0 Å². The van der Waals surface area contributed by atoms with Crippen LogP contribution in [0.4, 0.5) is 10.2 Å². The zero-order chi connectivity index (χ0) is 12.3. The first-order valence-electron chi connectivity index (χ1n) is 5.86. The summed E-state index contributed by atoms with van der Waals surface area (Å²) in [6.45, 7) is 1.95. The molecule has 17 heavy (non-hydrogen) atoms. The molecule has 1 aliphatic heterocycles. The number of aromatic nitrogens is 1. The maximum atomic E-state index is 12.8. The number of nitrogens with zero attached hydrogens (tertiary/aromatic N) is 2. The number of rotatable bonds is 3. The fourth-order valence-corrected chi connectivity index (χ4v) is 2.34. The Kier molecular flexibility index (Phi) is 3.59. The third-order valence-electron chi connectivity index (χ3n) is 3.10. The van der Waals surface area contributed by atoms with Crippen molar-refractivity contribution < 1.29 is 9.50 Å². The average molecular weight is 239 g/mol. The van der Waals surface area contributed by atoms with Gasteiger partial charge in [0.25, 0.3) is 0 Å². The van der Waals surface area contributed by atoms with Crippen LogP contribution >= 0.6 is 0 Å². The van der Waals surface area contributed by atoms with Gasteiger partial charge in [-0.1, -0.05) is 0 Å². The Morgan fingerprint density at radius 2 is 2.41 bits per heavy atom. The predicted molar refractivity (Wildman–Crippen MR) is 64.5 cm³/mol. The number of halogens is 1. The molecule has 0 spiro atoms. The Morgan fingerprint density at radius 3 is 3.06 bits per heavy atom. The van der Waals surface area contributed by atoms with Crippen molar-refractivity contribution in [2.24, 2.45) is 0 Å². The van der Waals surface area contributed by atoms with Gasteiger partial charge in [-0.25, -0.2) is 9.37 Å². The Bertz CT molecular complexity index is 367. The van der Waals surface area contributed by atoms with Gasteiger partial charge in [0.2, 0.25) is 0 Å². The lowest BCUT2D eigenvalue weighted by Gasteiger charge is -2.39. The van der Waals surface area contributed by atoms with Crippen molar-refractivity contribution in [1.29, 1.82) is 0 Å². The lowest BCUT2D eigenvalue weighted by atomic mass is 9.93. The van der Waals surface area contributed by atoms with Crippen LogP contribution < -0.4 is 10.2 Å². The second-order valence-electron chi connectivity index (χ2n) is 4.61. The summed E-state index contributed by atoms with van der Waals surface area (Å²) in [4.78, 5) is 6.05. The molecule has 0 aliphatic carbocycles. The Labute approximate surface area is 100 Å². The number of aliphatic hydroxyl groups is 1. The lowest BCUT2D eigenvalue weighted by molar-refractivity contribution is 0.0279. The molecule has 2 rings (SSSR count). The number of piperidine rings is 1. The molecule has 0 saturated carbocycles. The molecule has 1 atom stereocenters. The van der Waals surface area contributed by atoms with Crippen LogP contribution in [0.15, 0.2) is 18.3 Å². The number of hydrogen-bond donors (Lipinski definition) is 2. The number of anilines is 1. The minimum atomic E-state index is -0.719. The van der Waals surface area contributed by atoms with E-state index in [1.165, 1.54) is 12.3 Å². The molecule has 0 bridgehead atoms. The van der Waals surface area contributed by atoms with E-state index >= 15 is 0 Å². The average Bonchev–Trinajstić information content (AvgIpc) is 2.30. The van der Waals surface area contributed by atoms with Crippen molar-refractivity contribution in [3.05, 3.63) is 24.1 Å². The molecule has 2 N–H and O–H groups in total. The van der Waals surface area contributed by atoms with E-state index in [0.29, 0.717) is 13.1 Å². The second kappa shape index (κ2) is 4.98. The lowest BCUT2D eigenvalue weighted by Crippen LogP contribution is -2.53. The molecule has 2 heterocycles. The van der Waals surface area contributed by atoms with Crippen LogP contribution in [0.2, 0.25) is 0 Å². The topological polar surface area (TPSA) is 48.4 Å². The number of nitrogens with one attached hydrogen (secondary N) is 1. The molecule has 1 aliphatic rings. The van der Waals surface area contributed by atoms with Gasteiger partial charge >= 0.3 is 0 Å². The molecular weight excluding hydrogens is 221 g/mol. The highest BCUT2D eigenvalue weighted by Gasteiger charge is 2.32. The van der Waals surface area contributed by atoms with Crippen LogP contribution in [0.3, 0.4) is 0 Å². The summed E-state index contributed by atoms with van der Waals surface area (Å²) in [5.74, 6) is 0.386. The van der Waals surface area contributed by atoms with Gasteiger partial charge < -0.3 is 15.3 Å². The molecule has 0 amide bonds. The summed E-state index contributed by atoms with van der Waals surface area (Å²) in [6, 6.07) is 3.05. The molecule has 1 unspecified atom stereocenters. The van der Waals surface area contributed by atoms with E-state index in [1.54, 1.807) is 6.07 Å². The minimum Gasteiger partial charge on any atom is -0.387 e. The van der Waals surface area contributed by atoms with Crippen molar-refractivity contribution in [2.75, 3.05) is 31.6 Å². The molecule has 1 saturated heterocycles.